The summed E-state index contributed by atoms with van der Waals surface area (Å²) < 4.78 is 0. The third kappa shape index (κ3) is 11.4. The van der Waals surface area contributed by atoms with Gasteiger partial charge in [0.15, 0.2) is 0 Å². The average Bonchev–Trinajstić information content (AvgIpc) is 3.11. The number of nitrogens with two attached hydrogens (primary N) is 2. The van der Waals surface area contributed by atoms with Crippen LogP contribution in [0.15, 0.2) is 59.8 Å². The zero-order valence-electron chi connectivity index (χ0n) is 29.9. The molecule has 0 spiro atoms. The molecule has 6 unspecified atom stereocenters. The zero-order valence-corrected chi connectivity index (χ0v) is 29.9. The summed E-state index contributed by atoms with van der Waals surface area (Å²) >= 11 is 0. The highest BCUT2D eigenvalue weighted by Crippen LogP contribution is 2.33. The predicted molar refractivity (Wildman–Crippen MR) is 194 cm³/mol. The number of aromatic hydroxyl groups is 1. The quantitative estimate of drug-likeness (QED) is 0.0880. The van der Waals surface area contributed by atoms with Gasteiger partial charge in [-0.05, 0) is 74.2 Å². The third-order valence-corrected chi connectivity index (χ3v) is 9.53. The highest BCUT2D eigenvalue weighted by atomic mass is 16.3. The smallest absolute Gasteiger partial charge is 0.300 e. The van der Waals surface area contributed by atoms with Crippen molar-refractivity contribution in [1.29, 1.82) is 0 Å². The number of amides is 5. The van der Waals surface area contributed by atoms with E-state index in [1.54, 1.807) is 17.0 Å². The second-order valence-electron chi connectivity index (χ2n) is 14.2. The number of piperidine rings is 1. The molecule has 0 saturated carbocycles. The number of carbonyl (C=O) groups is 5. The van der Waals surface area contributed by atoms with Gasteiger partial charge in [0.25, 0.3) is 5.91 Å². The maximum absolute atomic E-state index is 14.0. The van der Waals surface area contributed by atoms with Crippen LogP contribution in [0.5, 0.6) is 5.75 Å². The van der Waals surface area contributed by atoms with Crippen molar-refractivity contribution in [2.45, 2.75) is 95.0 Å². The van der Waals surface area contributed by atoms with E-state index in [9.17, 15) is 34.0 Å². The van der Waals surface area contributed by atoms with Gasteiger partial charge < -0.3 is 37.4 Å². The lowest BCUT2D eigenvalue weighted by molar-refractivity contribution is -0.158. The Morgan fingerprint density at radius 1 is 0.827 bits per heavy atom. The van der Waals surface area contributed by atoms with Crippen LogP contribution >= 0.6 is 0 Å². The zero-order chi connectivity index (χ0) is 37.8. The van der Waals surface area contributed by atoms with E-state index in [0.29, 0.717) is 38.9 Å². The van der Waals surface area contributed by atoms with Gasteiger partial charge in [0.05, 0.1) is 12.6 Å². The molecular formula is C37H52N8O7. The Morgan fingerprint density at radius 3 is 2.04 bits per heavy atom. The molecule has 2 aromatic carbocycles. The van der Waals surface area contributed by atoms with E-state index in [1.807, 2.05) is 49.1 Å². The maximum atomic E-state index is 14.0. The number of phenols is 1. The number of benzene rings is 2. The Labute approximate surface area is 304 Å². The Kier molecular flexibility index (Phi) is 14.8. The van der Waals surface area contributed by atoms with Crippen molar-refractivity contribution in [3.05, 3.63) is 70.6 Å². The number of carbonyl (C=O) groups excluding carboxylic acids is 5. The second-order valence-corrected chi connectivity index (χ2v) is 14.2. The van der Waals surface area contributed by atoms with Crippen molar-refractivity contribution < 1.29 is 29.1 Å². The molecule has 282 valence electrons. The van der Waals surface area contributed by atoms with E-state index in [4.69, 9.17) is 11.5 Å². The lowest BCUT2D eigenvalue weighted by Gasteiger charge is -2.56. The molecule has 15 heteroatoms. The summed E-state index contributed by atoms with van der Waals surface area (Å²) in [6.45, 7) is 5.01. The summed E-state index contributed by atoms with van der Waals surface area (Å²) in [6.07, 6.45) is 2.95. The van der Waals surface area contributed by atoms with Gasteiger partial charge in [-0.2, -0.15) is 0 Å². The van der Waals surface area contributed by atoms with Gasteiger partial charge in [-0.25, -0.2) is 0 Å². The molecule has 2 aliphatic heterocycles. The predicted octanol–water partition coefficient (Wildman–Crippen LogP) is 0.712. The van der Waals surface area contributed by atoms with Crippen LogP contribution < -0.4 is 27.4 Å². The fourth-order valence-corrected chi connectivity index (χ4v) is 6.90. The number of hydrogen-bond acceptors (Lipinski definition) is 10. The fraction of sp³-hybridized carbons (Fsp3) is 0.541. The highest BCUT2D eigenvalue weighted by molar-refractivity contribution is 5.95. The number of piperazine rings is 1. The number of nitrogens with zero attached hydrogens (tertiary/aromatic N) is 3. The van der Waals surface area contributed by atoms with Crippen LogP contribution in [0, 0.1) is 10.8 Å². The van der Waals surface area contributed by atoms with Crippen LogP contribution in [0.3, 0.4) is 0 Å². The van der Waals surface area contributed by atoms with Crippen LogP contribution in [0.4, 0.5) is 0 Å². The SMILES string of the molecule is CC(C)CC(NC(=O)C(Cc1ccccc1)NC(=O)C(N)Cc1ccc(O)cc1)C(=O)NC(CCCCN)C(=O)N1C2CC1CN(CC(=O)N=O)C2. The van der Waals surface area contributed by atoms with Crippen LogP contribution in [-0.4, -0.2) is 107 Å². The first-order valence-electron chi connectivity index (χ1n) is 18.0. The number of nitrogens with one attached hydrogen (secondary N) is 3. The minimum atomic E-state index is -1.06. The minimum absolute atomic E-state index is 0.00683. The number of rotatable bonds is 19. The Morgan fingerprint density at radius 2 is 1.42 bits per heavy atom. The fourth-order valence-electron chi connectivity index (χ4n) is 6.90. The van der Waals surface area contributed by atoms with Crippen molar-refractivity contribution in [1.82, 2.24) is 25.8 Å². The van der Waals surface area contributed by atoms with Crippen molar-refractivity contribution in [2.24, 2.45) is 22.6 Å². The first-order valence-corrected chi connectivity index (χ1v) is 18.0. The topological polar surface area (TPSA) is 230 Å². The van der Waals surface area contributed by atoms with Crippen LogP contribution in [0.25, 0.3) is 0 Å². The summed E-state index contributed by atoms with van der Waals surface area (Å²) in [5.74, 6) is -2.55. The molecule has 2 bridgehead atoms. The molecule has 5 amide bonds. The lowest BCUT2D eigenvalue weighted by Crippen LogP contribution is -2.72. The third-order valence-electron chi connectivity index (χ3n) is 9.53. The molecule has 6 atom stereocenters. The van der Waals surface area contributed by atoms with Gasteiger partial charge >= 0.3 is 0 Å². The van der Waals surface area contributed by atoms with Gasteiger partial charge in [-0.3, -0.25) is 28.9 Å². The Hall–Kier alpha value is -4.73. The van der Waals surface area contributed by atoms with E-state index < -0.39 is 47.8 Å². The van der Waals surface area contributed by atoms with E-state index in [2.05, 4.69) is 21.1 Å². The molecule has 2 fully saturated rings. The minimum Gasteiger partial charge on any atom is -0.508 e. The standard InChI is InChI=1S/C37H52N8O7/c1-23(2)16-31(35(49)40-30(10-6-7-15-38)37(51)45-26-19-27(45)21-44(20-26)22-33(47)43-52)42-36(50)32(18-24-8-4-3-5-9-24)41-34(48)29(39)17-25-11-13-28(46)14-12-25/h3-5,8-9,11-14,23,26-27,29-32,46H,6-7,10,15-22,38-39H2,1-2H3,(H,40,49)(H,41,48)(H,42,50). The Balaban J connectivity index is 1.47. The van der Waals surface area contributed by atoms with Crippen molar-refractivity contribution in [3.63, 3.8) is 0 Å². The first-order chi connectivity index (χ1) is 24.9. The molecular weight excluding hydrogens is 668 g/mol. The molecule has 0 aliphatic carbocycles. The van der Waals surface area contributed by atoms with Crippen molar-refractivity contribution in [3.8, 4) is 5.75 Å². The van der Waals surface area contributed by atoms with E-state index >= 15 is 0 Å². The molecule has 0 radical (unpaired) electrons. The summed E-state index contributed by atoms with van der Waals surface area (Å²) in [6, 6.07) is 11.3. The number of hydrogen-bond donors (Lipinski definition) is 6. The van der Waals surface area contributed by atoms with Crippen LogP contribution in [0.2, 0.25) is 0 Å². The molecule has 2 saturated heterocycles. The van der Waals surface area contributed by atoms with Crippen LogP contribution in [0.1, 0.15) is 57.1 Å². The lowest BCUT2D eigenvalue weighted by atomic mass is 9.86. The summed E-state index contributed by atoms with van der Waals surface area (Å²) in [7, 11) is 0. The summed E-state index contributed by atoms with van der Waals surface area (Å²) in [5.41, 5.74) is 13.5. The van der Waals surface area contributed by atoms with Gasteiger partial charge in [-0.15, -0.1) is 4.91 Å². The monoisotopic (exact) mass is 720 g/mol. The first kappa shape index (κ1) is 40.0. The number of nitroso groups, excluding NO2 is 1. The number of phenolic OH excluding ortho intramolecular Hbond substituents is 1. The molecule has 8 N–H and O–H groups in total. The van der Waals surface area contributed by atoms with Gasteiger partial charge in [0.2, 0.25) is 23.6 Å². The molecule has 2 heterocycles. The molecule has 4 rings (SSSR count). The second kappa shape index (κ2) is 19.2. The Bertz CT molecular complexity index is 1530. The highest BCUT2D eigenvalue weighted by Gasteiger charge is 2.49. The average molecular weight is 721 g/mol. The van der Waals surface area contributed by atoms with Gasteiger partial charge in [0.1, 0.15) is 23.9 Å². The molecule has 52 heavy (non-hydrogen) atoms. The molecule has 2 aromatic rings. The number of unbranched alkanes of at least 4 members (excludes halogenated alkanes) is 1. The van der Waals surface area contributed by atoms with Gasteiger partial charge in [-0.1, -0.05) is 56.3 Å². The molecule has 2 aliphatic rings. The van der Waals surface area contributed by atoms with Crippen molar-refractivity contribution in [2.75, 3.05) is 26.2 Å². The molecule has 0 aromatic heterocycles. The summed E-state index contributed by atoms with van der Waals surface area (Å²) in [4.78, 5) is 80.9. The molecule has 15 nitrogen and oxygen atoms in total. The number of likely N-dealkylation sites (tertiary alicyclic amines) is 2. The van der Waals surface area contributed by atoms with E-state index in [0.717, 1.165) is 17.5 Å². The van der Waals surface area contributed by atoms with E-state index in [-0.39, 0.29) is 55.5 Å². The number of fused-ring (bicyclic) bond motifs is 2. The van der Waals surface area contributed by atoms with E-state index in [1.165, 1.54) is 12.1 Å². The van der Waals surface area contributed by atoms with Crippen LogP contribution in [-0.2, 0) is 36.8 Å². The van der Waals surface area contributed by atoms with Gasteiger partial charge in [0, 0.05) is 36.8 Å². The van der Waals surface area contributed by atoms with Crippen molar-refractivity contribution >= 4 is 29.5 Å². The normalized spacial score (nSPS) is 19.1. The maximum Gasteiger partial charge on any atom is 0.300 e. The largest absolute Gasteiger partial charge is 0.508 e. The summed E-state index contributed by atoms with van der Waals surface area (Å²) in [5, 5.41) is 20.6.